The maximum atomic E-state index is 11.0. The van der Waals surface area contributed by atoms with Crippen LogP contribution < -0.4 is 0 Å². The Morgan fingerprint density at radius 1 is 1.18 bits per heavy atom. The fourth-order valence-electron chi connectivity index (χ4n) is 1.41. The molecule has 3 nitrogen and oxygen atoms in total. The number of methoxy groups -OCH3 is 2. The van der Waals surface area contributed by atoms with Crippen LogP contribution in [-0.2, 0) is 14.3 Å². The highest BCUT2D eigenvalue weighted by Gasteiger charge is 2.26. The summed E-state index contributed by atoms with van der Waals surface area (Å²) in [6.07, 6.45) is 2.09. The first-order chi connectivity index (χ1) is 5.26. The van der Waals surface area contributed by atoms with Crippen LogP contribution in [0.2, 0.25) is 0 Å². The second kappa shape index (κ2) is 3.83. The lowest BCUT2D eigenvalue weighted by Gasteiger charge is -2.25. The molecule has 1 fully saturated rings. The highest BCUT2D eigenvalue weighted by molar-refractivity contribution is 5.80. The first-order valence-corrected chi connectivity index (χ1v) is 3.83. The van der Waals surface area contributed by atoms with E-state index in [0.717, 1.165) is 6.42 Å². The van der Waals surface area contributed by atoms with Gasteiger partial charge in [0, 0.05) is 33.5 Å². The molecule has 1 aliphatic rings. The van der Waals surface area contributed by atoms with E-state index in [2.05, 4.69) is 0 Å². The van der Waals surface area contributed by atoms with Crippen molar-refractivity contribution in [3.8, 4) is 0 Å². The molecular weight excluding hydrogens is 144 g/mol. The number of hydrogen-bond acceptors (Lipinski definition) is 3. The minimum atomic E-state index is 0.0706. The number of Topliss-reactive ketones (excluding diaryl/α,β-unsaturated/α-hetero) is 1. The molecule has 0 aliphatic heterocycles. The van der Waals surface area contributed by atoms with E-state index < -0.39 is 0 Å². The van der Waals surface area contributed by atoms with Crippen LogP contribution in [0, 0.1) is 0 Å². The Morgan fingerprint density at radius 2 is 1.64 bits per heavy atom. The molecule has 0 spiro atoms. The van der Waals surface area contributed by atoms with Gasteiger partial charge >= 0.3 is 0 Å². The fraction of sp³-hybridized carbons (Fsp3) is 0.875. The molecule has 11 heavy (non-hydrogen) atoms. The number of ketones is 1. The van der Waals surface area contributed by atoms with E-state index in [0.29, 0.717) is 12.8 Å². The van der Waals surface area contributed by atoms with Gasteiger partial charge in [0.1, 0.15) is 5.78 Å². The van der Waals surface area contributed by atoms with Gasteiger partial charge in [0.2, 0.25) is 0 Å². The molecule has 2 atom stereocenters. The van der Waals surface area contributed by atoms with Crippen molar-refractivity contribution in [2.75, 3.05) is 14.2 Å². The van der Waals surface area contributed by atoms with Gasteiger partial charge in [-0.15, -0.1) is 0 Å². The molecule has 0 bridgehead atoms. The predicted molar refractivity (Wildman–Crippen MR) is 40.5 cm³/mol. The zero-order valence-corrected chi connectivity index (χ0v) is 7.00. The maximum Gasteiger partial charge on any atom is 0.138 e. The number of ether oxygens (including phenoxy) is 2. The monoisotopic (exact) mass is 158 g/mol. The van der Waals surface area contributed by atoms with Crippen molar-refractivity contribution in [2.24, 2.45) is 0 Å². The maximum absolute atomic E-state index is 11.0. The van der Waals surface area contributed by atoms with E-state index in [-0.39, 0.29) is 18.0 Å². The summed E-state index contributed by atoms with van der Waals surface area (Å²) < 4.78 is 10.2. The molecule has 0 radical (unpaired) electrons. The molecule has 0 aromatic heterocycles. The third kappa shape index (κ3) is 2.27. The van der Waals surface area contributed by atoms with Crippen molar-refractivity contribution in [2.45, 2.75) is 31.5 Å². The molecule has 0 saturated heterocycles. The topological polar surface area (TPSA) is 35.5 Å². The molecule has 3 heteroatoms. The lowest BCUT2D eigenvalue weighted by Crippen LogP contribution is -2.32. The first-order valence-electron chi connectivity index (χ1n) is 3.83. The lowest BCUT2D eigenvalue weighted by molar-refractivity contribution is -0.129. The zero-order chi connectivity index (χ0) is 8.27. The average Bonchev–Trinajstić information content (AvgIpc) is 2.03. The Labute approximate surface area is 66.7 Å². The fourth-order valence-corrected chi connectivity index (χ4v) is 1.41. The number of carbonyl (C=O) groups excluding carboxylic acids is 1. The van der Waals surface area contributed by atoms with Crippen molar-refractivity contribution >= 4 is 5.78 Å². The van der Waals surface area contributed by atoms with E-state index in [1.807, 2.05) is 0 Å². The largest absolute Gasteiger partial charge is 0.381 e. The molecule has 1 saturated carbocycles. The van der Waals surface area contributed by atoms with Gasteiger partial charge in [-0.2, -0.15) is 0 Å². The molecule has 0 N–H and O–H groups in total. The van der Waals surface area contributed by atoms with Crippen LogP contribution in [0.4, 0.5) is 0 Å². The van der Waals surface area contributed by atoms with E-state index in [9.17, 15) is 4.79 Å². The Kier molecular flexibility index (Phi) is 3.02. The highest BCUT2D eigenvalue weighted by Crippen LogP contribution is 2.19. The van der Waals surface area contributed by atoms with Crippen LogP contribution in [0.5, 0.6) is 0 Å². The Morgan fingerprint density at radius 3 is 2.00 bits per heavy atom. The summed E-state index contributed by atoms with van der Waals surface area (Å²) >= 11 is 0. The van der Waals surface area contributed by atoms with Gasteiger partial charge in [-0.05, 0) is 0 Å². The van der Waals surface area contributed by atoms with Gasteiger partial charge in [-0.1, -0.05) is 0 Å². The summed E-state index contributed by atoms with van der Waals surface area (Å²) in [6.45, 7) is 0. The molecular formula is C8H14O3. The number of hydrogen-bond donors (Lipinski definition) is 0. The van der Waals surface area contributed by atoms with Crippen molar-refractivity contribution in [1.29, 1.82) is 0 Å². The summed E-state index contributed by atoms with van der Waals surface area (Å²) in [5.74, 6) is 0.245. The normalized spacial score (nSPS) is 32.4. The predicted octanol–water partition coefficient (Wildman–Crippen LogP) is 0.769. The van der Waals surface area contributed by atoms with Gasteiger partial charge in [0.15, 0.2) is 0 Å². The van der Waals surface area contributed by atoms with Crippen molar-refractivity contribution in [3.63, 3.8) is 0 Å². The zero-order valence-electron chi connectivity index (χ0n) is 7.00. The van der Waals surface area contributed by atoms with Crippen LogP contribution in [0.1, 0.15) is 19.3 Å². The van der Waals surface area contributed by atoms with Gasteiger partial charge in [-0.3, -0.25) is 4.79 Å². The smallest absolute Gasteiger partial charge is 0.138 e. The Bertz CT molecular complexity index is 130. The van der Waals surface area contributed by atoms with Crippen LogP contribution in [0.3, 0.4) is 0 Å². The van der Waals surface area contributed by atoms with Crippen molar-refractivity contribution < 1.29 is 14.3 Å². The van der Waals surface area contributed by atoms with E-state index in [4.69, 9.17) is 9.47 Å². The summed E-state index contributed by atoms with van der Waals surface area (Å²) in [4.78, 5) is 11.0. The molecule has 0 aromatic carbocycles. The SMILES string of the molecule is COC1CC(=O)CC(OC)C1. The molecule has 0 aromatic rings. The summed E-state index contributed by atoms with van der Waals surface area (Å²) in [7, 11) is 3.27. The molecule has 1 aliphatic carbocycles. The molecule has 1 rings (SSSR count). The Balaban J connectivity index is 2.43. The van der Waals surface area contributed by atoms with E-state index in [1.165, 1.54) is 0 Å². The average molecular weight is 158 g/mol. The third-order valence-electron chi connectivity index (χ3n) is 2.10. The second-order valence-corrected chi connectivity index (χ2v) is 2.90. The van der Waals surface area contributed by atoms with E-state index in [1.54, 1.807) is 14.2 Å². The van der Waals surface area contributed by atoms with Crippen LogP contribution >= 0.6 is 0 Å². The van der Waals surface area contributed by atoms with E-state index >= 15 is 0 Å². The Hall–Kier alpha value is -0.410. The van der Waals surface area contributed by atoms with Gasteiger partial charge < -0.3 is 9.47 Å². The standard InChI is InChI=1S/C8H14O3/c1-10-7-3-6(9)4-8(5-7)11-2/h7-8H,3-5H2,1-2H3. The molecule has 64 valence electrons. The van der Waals surface area contributed by atoms with Crippen LogP contribution in [0.15, 0.2) is 0 Å². The van der Waals surface area contributed by atoms with Crippen molar-refractivity contribution in [1.82, 2.24) is 0 Å². The van der Waals surface area contributed by atoms with Gasteiger partial charge in [0.05, 0.1) is 12.2 Å². The quantitative estimate of drug-likeness (QED) is 0.595. The third-order valence-corrected chi connectivity index (χ3v) is 2.10. The second-order valence-electron chi connectivity index (χ2n) is 2.90. The van der Waals surface area contributed by atoms with Crippen molar-refractivity contribution in [3.05, 3.63) is 0 Å². The summed E-state index contributed by atoms with van der Waals surface area (Å²) in [5, 5.41) is 0. The number of rotatable bonds is 2. The summed E-state index contributed by atoms with van der Waals surface area (Å²) in [5.41, 5.74) is 0. The highest BCUT2D eigenvalue weighted by atomic mass is 16.5. The minimum absolute atomic E-state index is 0.0706. The molecule has 0 amide bonds. The van der Waals surface area contributed by atoms with Crippen LogP contribution in [0.25, 0.3) is 0 Å². The number of carbonyl (C=O) groups is 1. The minimum Gasteiger partial charge on any atom is -0.381 e. The lowest BCUT2D eigenvalue weighted by atomic mass is 9.94. The molecule has 2 unspecified atom stereocenters. The molecule has 0 heterocycles. The van der Waals surface area contributed by atoms with Crippen LogP contribution in [-0.4, -0.2) is 32.2 Å². The first kappa shape index (κ1) is 8.68. The van der Waals surface area contributed by atoms with Gasteiger partial charge in [-0.25, -0.2) is 0 Å². The summed E-state index contributed by atoms with van der Waals surface area (Å²) in [6, 6.07) is 0. The van der Waals surface area contributed by atoms with Gasteiger partial charge in [0.25, 0.3) is 0 Å².